The normalized spacial score (nSPS) is 9.92. The van der Waals surface area contributed by atoms with Gasteiger partial charge in [0.1, 0.15) is 5.82 Å². The second-order valence-electron chi connectivity index (χ2n) is 4.79. The lowest BCUT2D eigenvalue weighted by Gasteiger charge is -2.13. The molecule has 7 heteroatoms. The molecular weight excluding hydrogens is 329 g/mol. The molecule has 0 radical (unpaired) electrons. The van der Waals surface area contributed by atoms with Crippen LogP contribution in [0.2, 0.25) is 0 Å². The van der Waals surface area contributed by atoms with Gasteiger partial charge in [0.2, 0.25) is 0 Å². The molecule has 2 aromatic rings. The average molecular weight is 345 g/mol. The third-order valence-electron chi connectivity index (χ3n) is 3.10. The van der Waals surface area contributed by atoms with E-state index in [1.807, 2.05) is 6.92 Å². The van der Waals surface area contributed by atoms with Crippen molar-refractivity contribution in [2.45, 2.75) is 6.92 Å². The number of anilines is 1. The van der Waals surface area contributed by atoms with Crippen molar-refractivity contribution in [2.75, 3.05) is 11.9 Å². The number of benzene rings is 2. The summed E-state index contributed by atoms with van der Waals surface area (Å²) >= 11 is 5.07. The van der Waals surface area contributed by atoms with E-state index in [1.54, 1.807) is 30.3 Å². The van der Waals surface area contributed by atoms with Crippen LogP contribution in [-0.4, -0.2) is 23.5 Å². The van der Waals surface area contributed by atoms with Gasteiger partial charge in [-0.1, -0.05) is 24.3 Å². The van der Waals surface area contributed by atoms with Crippen LogP contribution < -0.4 is 16.0 Å². The number of carbonyl (C=O) groups excluding carboxylic acids is 2. The SMILES string of the molecule is CCNC(=O)c1ccccc1NC(=S)NC(=O)c1ccccc1F. The highest BCUT2D eigenvalue weighted by Crippen LogP contribution is 2.15. The van der Waals surface area contributed by atoms with E-state index in [9.17, 15) is 14.0 Å². The molecule has 24 heavy (non-hydrogen) atoms. The molecule has 124 valence electrons. The van der Waals surface area contributed by atoms with Crippen molar-refractivity contribution in [3.05, 3.63) is 65.5 Å². The molecule has 0 spiro atoms. The predicted octanol–water partition coefficient (Wildman–Crippen LogP) is 2.70. The highest BCUT2D eigenvalue weighted by Gasteiger charge is 2.14. The highest BCUT2D eigenvalue weighted by atomic mass is 32.1. The Balaban J connectivity index is 2.09. The number of carbonyl (C=O) groups is 2. The highest BCUT2D eigenvalue weighted by molar-refractivity contribution is 7.80. The van der Waals surface area contributed by atoms with Gasteiger partial charge in [-0.15, -0.1) is 0 Å². The maximum absolute atomic E-state index is 13.6. The fraction of sp³-hybridized carbons (Fsp3) is 0.118. The lowest BCUT2D eigenvalue weighted by atomic mass is 10.1. The molecule has 0 aromatic heterocycles. The van der Waals surface area contributed by atoms with E-state index >= 15 is 0 Å². The quantitative estimate of drug-likeness (QED) is 0.745. The number of hydrogen-bond donors (Lipinski definition) is 3. The number of para-hydroxylation sites is 1. The van der Waals surface area contributed by atoms with Crippen LogP contribution in [0.25, 0.3) is 0 Å². The molecule has 0 fully saturated rings. The van der Waals surface area contributed by atoms with Gasteiger partial charge in [0.05, 0.1) is 16.8 Å². The van der Waals surface area contributed by atoms with E-state index in [0.717, 1.165) is 0 Å². The van der Waals surface area contributed by atoms with E-state index in [-0.39, 0.29) is 16.6 Å². The zero-order chi connectivity index (χ0) is 17.5. The first kappa shape index (κ1) is 17.6. The molecule has 0 saturated carbocycles. The second-order valence-corrected chi connectivity index (χ2v) is 5.20. The van der Waals surface area contributed by atoms with E-state index in [4.69, 9.17) is 12.2 Å². The van der Waals surface area contributed by atoms with Gasteiger partial charge in [-0.3, -0.25) is 14.9 Å². The number of halogens is 1. The van der Waals surface area contributed by atoms with Gasteiger partial charge in [-0.25, -0.2) is 4.39 Å². The summed E-state index contributed by atoms with van der Waals surface area (Å²) in [4.78, 5) is 24.0. The molecule has 0 aliphatic rings. The van der Waals surface area contributed by atoms with Gasteiger partial charge in [0, 0.05) is 6.54 Å². The zero-order valence-corrected chi connectivity index (χ0v) is 13.7. The fourth-order valence-corrected chi connectivity index (χ4v) is 2.22. The molecular formula is C17H16FN3O2S. The smallest absolute Gasteiger partial charge is 0.260 e. The Kier molecular flexibility index (Phi) is 5.97. The summed E-state index contributed by atoms with van der Waals surface area (Å²) in [6.45, 7) is 2.30. The summed E-state index contributed by atoms with van der Waals surface area (Å²) in [6, 6.07) is 12.3. The Labute approximate surface area is 144 Å². The van der Waals surface area contributed by atoms with Crippen molar-refractivity contribution in [3.63, 3.8) is 0 Å². The summed E-state index contributed by atoms with van der Waals surface area (Å²) in [7, 11) is 0. The summed E-state index contributed by atoms with van der Waals surface area (Å²) in [5.41, 5.74) is 0.725. The Bertz CT molecular complexity index is 780. The molecule has 2 amide bonds. The van der Waals surface area contributed by atoms with Crippen LogP contribution in [0.15, 0.2) is 48.5 Å². The predicted molar refractivity (Wildman–Crippen MR) is 94.5 cm³/mol. The number of nitrogens with one attached hydrogen (secondary N) is 3. The van der Waals surface area contributed by atoms with Crippen molar-refractivity contribution in [2.24, 2.45) is 0 Å². The van der Waals surface area contributed by atoms with Crippen molar-refractivity contribution < 1.29 is 14.0 Å². The van der Waals surface area contributed by atoms with Gasteiger partial charge in [0.25, 0.3) is 11.8 Å². The Morgan fingerprint density at radius 3 is 2.29 bits per heavy atom. The minimum absolute atomic E-state index is 0.0278. The summed E-state index contributed by atoms with van der Waals surface area (Å²) < 4.78 is 13.6. The van der Waals surface area contributed by atoms with Gasteiger partial charge in [0.15, 0.2) is 5.11 Å². The Morgan fingerprint density at radius 1 is 1.00 bits per heavy atom. The van der Waals surface area contributed by atoms with E-state index in [2.05, 4.69) is 16.0 Å². The molecule has 0 atom stereocenters. The average Bonchev–Trinajstić information content (AvgIpc) is 2.55. The van der Waals surface area contributed by atoms with Crippen LogP contribution in [0.5, 0.6) is 0 Å². The topological polar surface area (TPSA) is 70.2 Å². The number of hydrogen-bond acceptors (Lipinski definition) is 3. The molecule has 5 nitrogen and oxygen atoms in total. The van der Waals surface area contributed by atoms with Crippen molar-refractivity contribution in [1.29, 1.82) is 0 Å². The standard InChI is InChI=1S/C17H16FN3O2S/c1-2-19-15(22)12-8-4-6-10-14(12)20-17(24)21-16(23)11-7-3-5-9-13(11)18/h3-10H,2H2,1H3,(H,19,22)(H2,20,21,23,24). The first-order valence-electron chi connectivity index (χ1n) is 7.27. The maximum Gasteiger partial charge on any atom is 0.260 e. The minimum Gasteiger partial charge on any atom is -0.352 e. The first-order valence-corrected chi connectivity index (χ1v) is 7.67. The van der Waals surface area contributed by atoms with Crippen molar-refractivity contribution >= 4 is 34.8 Å². The van der Waals surface area contributed by atoms with Gasteiger partial charge < -0.3 is 10.6 Å². The summed E-state index contributed by atoms with van der Waals surface area (Å²) in [5.74, 6) is -1.56. The summed E-state index contributed by atoms with van der Waals surface area (Å²) in [5, 5.41) is 7.84. The molecule has 0 bridgehead atoms. The zero-order valence-electron chi connectivity index (χ0n) is 12.9. The molecule has 2 aromatic carbocycles. The van der Waals surface area contributed by atoms with Crippen molar-refractivity contribution in [1.82, 2.24) is 10.6 Å². The number of thiocarbonyl (C=S) groups is 1. The third-order valence-corrected chi connectivity index (χ3v) is 3.31. The fourth-order valence-electron chi connectivity index (χ4n) is 2.02. The Morgan fingerprint density at radius 2 is 1.62 bits per heavy atom. The number of amides is 2. The third kappa shape index (κ3) is 4.36. The van der Waals surface area contributed by atoms with Crippen LogP contribution in [0.1, 0.15) is 27.6 Å². The van der Waals surface area contributed by atoms with E-state index in [0.29, 0.717) is 17.8 Å². The lowest BCUT2D eigenvalue weighted by molar-refractivity contribution is 0.0954. The van der Waals surface area contributed by atoms with Crippen LogP contribution in [0.4, 0.5) is 10.1 Å². The molecule has 0 unspecified atom stereocenters. The van der Waals surface area contributed by atoms with Crippen LogP contribution in [-0.2, 0) is 0 Å². The molecule has 0 aliphatic heterocycles. The minimum atomic E-state index is -0.666. The number of rotatable bonds is 4. The maximum atomic E-state index is 13.6. The molecule has 0 aliphatic carbocycles. The summed E-state index contributed by atoms with van der Waals surface area (Å²) in [6.07, 6.45) is 0. The van der Waals surface area contributed by atoms with Crippen LogP contribution >= 0.6 is 12.2 Å². The molecule has 2 rings (SSSR count). The van der Waals surface area contributed by atoms with Gasteiger partial charge in [-0.05, 0) is 43.4 Å². The lowest BCUT2D eigenvalue weighted by Crippen LogP contribution is -2.35. The largest absolute Gasteiger partial charge is 0.352 e. The van der Waals surface area contributed by atoms with Gasteiger partial charge >= 0.3 is 0 Å². The van der Waals surface area contributed by atoms with Crippen molar-refractivity contribution in [3.8, 4) is 0 Å². The van der Waals surface area contributed by atoms with E-state index in [1.165, 1.54) is 18.2 Å². The monoisotopic (exact) mass is 345 g/mol. The molecule has 3 N–H and O–H groups in total. The van der Waals surface area contributed by atoms with Crippen LogP contribution in [0, 0.1) is 5.82 Å². The molecule has 0 saturated heterocycles. The van der Waals surface area contributed by atoms with Gasteiger partial charge in [-0.2, -0.15) is 0 Å². The van der Waals surface area contributed by atoms with Crippen LogP contribution in [0.3, 0.4) is 0 Å². The molecule has 0 heterocycles. The first-order chi connectivity index (χ1) is 11.5. The Hall–Kier alpha value is -2.80. The van der Waals surface area contributed by atoms with E-state index < -0.39 is 11.7 Å². The second kappa shape index (κ2) is 8.16.